The first kappa shape index (κ1) is 37.0. The zero-order valence-corrected chi connectivity index (χ0v) is 32.5. The minimum absolute atomic E-state index is 0.0357. The lowest BCUT2D eigenvalue weighted by Gasteiger charge is -2.38. The largest absolute Gasteiger partial charge is 0.444 e. The second-order valence-corrected chi connectivity index (χ2v) is 21.5. The number of nitrogens with zero attached hydrogens (tertiary/aromatic N) is 6. The smallest absolute Gasteiger partial charge is 0.410 e. The van der Waals surface area contributed by atoms with E-state index >= 15 is 0 Å². The fourth-order valence-electron chi connectivity index (χ4n) is 6.37. The summed E-state index contributed by atoms with van der Waals surface area (Å²) in [6, 6.07) is 7.20. The predicted molar refractivity (Wildman–Crippen MR) is 199 cm³/mol. The molecular weight excluding hydrogens is 651 g/mol. The van der Waals surface area contributed by atoms with E-state index in [1.807, 2.05) is 47.7 Å². The lowest BCUT2D eigenvalue weighted by molar-refractivity contribution is -0.134. The van der Waals surface area contributed by atoms with Crippen LogP contribution in [-0.2, 0) is 21.0 Å². The highest BCUT2D eigenvalue weighted by molar-refractivity contribution is 6.76. The van der Waals surface area contributed by atoms with Gasteiger partial charge in [-0.2, -0.15) is 0 Å². The van der Waals surface area contributed by atoms with Crippen molar-refractivity contribution in [2.24, 2.45) is 5.92 Å². The highest BCUT2D eigenvalue weighted by Gasteiger charge is 2.36. The number of fused-ring (bicyclic) bond motifs is 1. The molecule has 12 nitrogen and oxygen atoms in total. The molecule has 1 saturated heterocycles. The van der Waals surface area contributed by atoms with Crippen molar-refractivity contribution >= 4 is 36.9 Å². The number of nitrogens with one attached hydrogen (secondary N) is 1. The van der Waals surface area contributed by atoms with Crippen LogP contribution in [0.1, 0.15) is 44.2 Å². The SMILES string of the molecule is Cc1cnc(N[C@H]2C[C@@H](C(=O)N(C)C)CN(C(=O)OC(C)(C)C)C2)nc1-c1cn(COCC[Si](C)(C)C)c2cc(-c3c(C)noc3C)ccc12. The maximum absolute atomic E-state index is 13.1. The van der Waals surface area contributed by atoms with E-state index in [1.54, 1.807) is 23.9 Å². The number of aromatic nitrogens is 4. The van der Waals surface area contributed by atoms with E-state index in [1.165, 1.54) is 0 Å². The van der Waals surface area contributed by atoms with Gasteiger partial charge in [-0.1, -0.05) is 36.9 Å². The minimum Gasteiger partial charge on any atom is -0.444 e. The van der Waals surface area contributed by atoms with Crippen LogP contribution in [0.4, 0.5) is 10.7 Å². The van der Waals surface area contributed by atoms with Gasteiger partial charge in [-0.3, -0.25) is 4.79 Å². The van der Waals surface area contributed by atoms with Gasteiger partial charge < -0.3 is 33.7 Å². The number of likely N-dealkylation sites (tertiary alicyclic amines) is 1. The van der Waals surface area contributed by atoms with Crippen LogP contribution in [0.5, 0.6) is 0 Å². The molecule has 0 unspecified atom stereocenters. The second-order valence-electron chi connectivity index (χ2n) is 15.9. The van der Waals surface area contributed by atoms with E-state index in [4.69, 9.17) is 19.0 Å². The minimum atomic E-state index is -1.25. The molecule has 0 saturated carbocycles. The fourth-order valence-corrected chi connectivity index (χ4v) is 7.13. The van der Waals surface area contributed by atoms with Crippen LogP contribution < -0.4 is 5.32 Å². The third-order valence-electron chi connectivity index (χ3n) is 8.88. The summed E-state index contributed by atoms with van der Waals surface area (Å²) in [5.41, 5.74) is 5.89. The fraction of sp³-hybridized carbons (Fsp3) is 0.541. The molecule has 3 aromatic heterocycles. The van der Waals surface area contributed by atoms with Crippen molar-refractivity contribution in [3.05, 3.63) is 47.6 Å². The van der Waals surface area contributed by atoms with Gasteiger partial charge in [0.2, 0.25) is 11.9 Å². The highest BCUT2D eigenvalue weighted by Crippen LogP contribution is 2.36. The van der Waals surface area contributed by atoms with Crippen molar-refractivity contribution in [2.75, 3.05) is 39.1 Å². The molecular formula is C37H53N7O5Si. The summed E-state index contributed by atoms with van der Waals surface area (Å²) in [5.74, 6) is 0.777. The summed E-state index contributed by atoms with van der Waals surface area (Å²) in [7, 11) is 2.22. The number of piperidine rings is 1. The number of carbonyl (C=O) groups excluding carboxylic acids is 2. The first-order chi connectivity index (χ1) is 23.4. The standard InChI is InChI=1S/C37H53N7O5Si/c1-23-18-38-35(39-28-16-27(34(45)42(7)8)19-43(20-28)36(46)48-37(4,5)6)40-33(23)30-21-44(22-47-14-15-50(9,10)11)31-17-26(12-13-29(30)31)32-24(2)41-49-25(32)3/h12-13,17-18,21,27-28H,14-16,19-20,22H2,1-11H3,(H,38,39,40)/t27-,28+/m1/s1. The van der Waals surface area contributed by atoms with Gasteiger partial charge in [-0.25, -0.2) is 14.8 Å². The van der Waals surface area contributed by atoms with Crippen LogP contribution in [-0.4, -0.2) is 95.0 Å². The molecule has 50 heavy (non-hydrogen) atoms. The first-order valence-corrected chi connectivity index (χ1v) is 21.0. The molecule has 1 fully saturated rings. The Morgan fingerprint density at radius 1 is 1.12 bits per heavy atom. The van der Waals surface area contributed by atoms with Gasteiger partial charge in [-0.15, -0.1) is 0 Å². The van der Waals surface area contributed by atoms with Gasteiger partial charge in [-0.05, 0) is 71.2 Å². The molecule has 1 aliphatic rings. The second kappa shape index (κ2) is 14.6. The van der Waals surface area contributed by atoms with Gasteiger partial charge in [0.25, 0.3) is 0 Å². The molecule has 2 atom stereocenters. The van der Waals surface area contributed by atoms with E-state index in [-0.39, 0.29) is 17.9 Å². The Hall–Kier alpha value is -4.23. The third kappa shape index (κ3) is 8.73. The predicted octanol–water partition coefficient (Wildman–Crippen LogP) is 7.12. The maximum Gasteiger partial charge on any atom is 0.410 e. The van der Waals surface area contributed by atoms with Crippen LogP contribution in [0.2, 0.25) is 25.7 Å². The van der Waals surface area contributed by atoms with Crippen LogP contribution in [0, 0.1) is 26.7 Å². The van der Waals surface area contributed by atoms with E-state index < -0.39 is 19.8 Å². The third-order valence-corrected chi connectivity index (χ3v) is 10.6. The van der Waals surface area contributed by atoms with Crippen LogP contribution >= 0.6 is 0 Å². The van der Waals surface area contributed by atoms with E-state index in [2.05, 4.69) is 64.1 Å². The number of hydrogen-bond acceptors (Lipinski definition) is 9. The topological polar surface area (TPSA) is 128 Å². The van der Waals surface area contributed by atoms with Crippen molar-refractivity contribution < 1.29 is 23.6 Å². The van der Waals surface area contributed by atoms with Gasteiger partial charge in [0, 0.05) is 76.8 Å². The van der Waals surface area contributed by atoms with Gasteiger partial charge in [0.1, 0.15) is 18.1 Å². The van der Waals surface area contributed by atoms with Crippen LogP contribution in [0.3, 0.4) is 0 Å². The zero-order chi connectivity index (χ0) is 36.5. The summed E-state index contributed by atoms with van der Waals surface area (Å²) >= 11 is 0. The molecule has 0 aliphatic carbocycles. The molecule has 0 spiro atoms. The molecule has 1 aromatic carbocycles. The Morgan fingerprint density at radius 3 is 2.50 bits per heavy atom. The van der Waals surface area contributed by atoms with Gasteiger partial charge in [0.15, 0.2) is 0 Å². The van der Waals surface area contributed by atoms with E-state index in [0.29, 0.717) is 38.8 Å². The molecule has 0 bridgehead atoms. The molecule has 2 amide bonds. The average Bonchev–Trinajstić information content (AvgIpc) is 3.56. The molecule has 13 heteroatoms. The molecule has 4 heterocycles. The summed E-state index contributed by atoms with van der Waals surface area (Å²) in [6.45, 7) is 20.2. The number of amides is 2. The molecule has 1 aliphatic heterocycles. The van der Waals surface area contributed by atoms with Gasteiger partial charge in [0.05, 0.1) is 22.8 Å². The van der Waals surface area contributed by atoms with E-state index in [0.717, 1.165) is 56.3 Å². The van der Waals surface area contributed by atoms with E-state index in [9.17, 15) is 9.59 Å². The number of anilines is 1. The van der Waals surface area contributed by atoms with Crippen molar-refractivity contribution in [2.45, 2.75) is 92.0 Å². The number of carbonyl (C=O) groups is 2. The lowest BCUT2D eigenvalue weighted by atomic mass is 9.93. The summed E-state index contributed by atoms with van der Waals surface area (Å²) in [6.07, 6.45) is 4.00. The zero-order valence-electron chi connectivity index (χ0n) is 31.5. The summed E-state index contributed by atoms with van der Waals surface area (Å²) in [5, 5.41) is 8.66. The Bertz CT molecular complexity index is 1830. The Kier molecular flexibility index (Phi) is 10.8. The van der Waals surface area contributed by atoms with Gasteiger partial charge >= 0.3 is 6.09 Å². The van der Waals surface area contributed by atoms with Crippen LogP contribution in [0.25, 0.3) is 33.3 Å². The van der Waals surface area contributed by atoms with Crippen molar-refractivity contribution in [1.29, 1.82) is 0 Å². The number of benzene rings is 1. The molecule has 5 rings (SSSR count). The normalized spacial score (nSPS) is 16.9. The number of ether oxygens (including phenoxy) is 2. The number of rotatable bonds is 10. The quantitative estimate of drug-likeness (QED) is 0.136. The van der Waals surface area contributed by atoms with Crippen LogP contribution in [0.15, 0.2) is 35.1 Å². The average molecular weight is 704 g/mol. The highest BCUT2D eigenvalue weighted by atomic mass is 28.3. The Morgan fingerprint density at radius 2 is 1.86 bits per heavy atom. The van der Waals surface area contributed by atoms with Crippen molar-refractivity contribution in [3.63, 3.8) is 0 Å². The first-order valence-electron chi connectivity index (χ1n) is 17.3. The van der Waals surface area contributed by atoms with Crippen molar-refractivity contribution in [3.8, 4) is 22.4 Å². The molecule has 4 aromatic rings. The van der Waals surface area contributed by atoms with Crippen molar-refractivity contribution in [1.82, 2.24) is 29.5 Å². The molecule has 0 radical (unpaired) electrons. The summed E-state index contributed by atoms with van der Waals surface area (Å²) in [4.78, 5) is 39.1. The molecule has 1 N–H and O–H groups in total. The molecule has 270 valence electrons. The maximum atomic E-state index is 13.1. The number of aryl methyl sites for hydroxylation is 3. The monoisotopic (exact) mass is 703 g/mol. The Balaban J connectivity index is 1.48. The summed E-state index contributed by atoms with van der Waals surface area (Å²) < 4.78 is 19.6. The Labute approximate surface area is 296 Å². The number of hydrogen-bond donors (Lipinski definition) is 1. The lowest BCUT2D eigenvalue weighted by Crippen LogP contribution is -2.53.